The molecule has 0 aliphatic carbocycles. The zero-order chi connectivity index (χ0) is 12.6. The molecule has 1 unspecified atom stereocenters. The molecular formula is C11H24N2O3. The number of carbonyl (C=O) groups excluding carboxylic acids is 1. The molecule has 0 bridgehead atoms. The van der Waals surface area contributed by atoms with Crippen molar-refractivity contribution in [2.45, 2.75) is 25.9 Å². The third kappa shape index (κ3) is 8.64. The lowest BCUT2D eigenvalue weighted by Crippen LogP contribution is -2.47. The minimum Gasteiger partial charge on any atom is -0.387 e. The number of hydrogen-bond donors (Lipinski definition) is 2. The van der Waals surface area contributed by atoms with Crippen molar-refractivity contribution in [1.82, 2.24) is 10.2 Å². The van der Waals surface area contributed by atoms with Crippen LogP contribution in [0.1, 0.15) is 20.3 Å². The van der Waals surface area contributed by atoms with E-state index in [9.17, 15) is 9.90 Å². The zero-order valence-electron chi connectivity index (χ0n) is 10.7. The number of aliphatic hydroxyl groups is 1. The fourth-order valence-electron chi connectivity index (χ4n) is 1.42. The third-order valence-corrected chi connectivity index (χ3v) is 2.00. The normalized spacial score (nSPS) is 14.9. The van der Waals surface area contributed by atoms with Gasteiger partial charge in [0, 0.05) is 26.1 Å². The highest BCUT2D eigenvalue weighted by Crippen LogP contribution is 2.02. The van der Waals surface area contributed by atoms with Gasteiger partial charge in [0.2, 0.25) is 5.91 Å². The van der Waals surface area contributed by atoms with Gasteiger partial charge in [0.25, 0.3) is 0 Å². The molecule has 0 rings (SSSR count). The number of hydrogen-bond acceptors (Lipinski definition) is 4. The first kappa shape index (κ1) is 15.3. The van der Waals surface area contributed by atoms with E-state index in [1.165, 1.54) is 0 Å². The Hall–Kier alpha value is -0.650. The van der Waals surface area contributed by atoms with Crippen LogP contribution in [0.5, 0.6) is 0 Å². The predicted octanol–water partition coefficient (Wildman–Crippen LogP) is -0.158. The van der Waals surface area contributed by atoms with Crippen molar-refractivity contribution < 1.29 is 14.6 Å². The van der Waals surface area contributed by atoms with E-state index >= 15 is 0 Å². The van der Waals surface area contributed by atoms with Gasteiger partial charge in [0.15, 0.2) is 0 Å². The maximum atomic E-state index is 11.3. The molecule has 0 aromatic rings. The highest BCUT2D eigenvalue weighted by molar-refractivity contribution is 5.76. The predicted molar refractivity (Wildman–Crippen MR) is 63.3 cm³/mol. The van der Waals surface area contributed by atoms with Crippen molar-refractivity contribution in [3.63, 3.8) is 0 Å². The minimum atomic E-state index is -0.898. The second-order valence-electron chi connectivity index (χ2n) is 4.46. The third-order valence-electron chi connectivity index (χ3n) is 2.00. The average Bonchev–Trinajstić information content (AvgIpc) is 2.13. The van der Waals surface area contributed by atoms with Gasteiger partial charge in [-0.05, 0) is 27.9 Å². The van der Waals surface area contributed by atoms with Gasteiger partial charge in [-0.15, -0.1) is 0 Å². The number of nitrogens with zero attached hydrogens (tertiary/aromatic N) is 1. The number of amides is 1. The van der Waals surface area contributed by atoms with E-state index in [0.717, 1.165) is 0 Å². The number of ether oxygens (including phenoxy) is 1. The van der Waals surface area contributed by atoms with Gasteiger partial charge >= 0.3 is 0 Å². The van der Waals surface area contributed by atoms with E-state index in [0.29, 0.717) is 26.2 Å². The molecule has 0 fully saturated rings. The molecule has 0 aliphatic heterocycles. The van der Waals surface area contributed by atoms with Gasteiger partial charge in [0.1, 0.15) is 0 Å². The summed E-state index contributed by atoms with van der Waals surface area (Å²) in [6, 6.07) is 0. The van der Waals surface area contributed by atoms with E-state index in [1.54, 1.807) is 6.92 Å². The molecule has 5 nitrogen and oxygen atoms in total. The highest BCUT2D eigenvalue weighted by atomic mass is 16.5. The van der Waals surface area contributed by atoms with Crippen molar-refractivity contribution >= 4 is 5.91 Å². The Labute approximate surface area is 97.8 Å². The lowest BCUT2D eigenvalue weighted by Gasteiger charge is -2.27. The molecule has 0 aliphatic rings. The summed E-state index contributed by atoms with van der Waals surface area (Å²) in [6.07, 6.45) is 0.339. The Balaban J connectivity index is 3.72. The first-order valence-corrected chi connectivity index (χ1v) is 5.59. The van der Waals surface area contributed by atoms with Crippen molar-refractivity contribution in [1.29, 1.82) is 0 Å². The lowest BCUT2D eigenvalue weighted by atomic mass is 10.1. The number of carbonyl (C=O) groups is 1. The summed E-state index contributed by atoms with van der Waals surface area (Å²) in [5.41, 5.74) is -0.898. The van der Waals surface area contributed by atoms with Crippen molar-refractivity contribution in [3.8, 4) is 0 Å². The molecule has 0 aromatic carbocycles. The van der Waals surface area contributed by atoms with Crippen LogP contribution < -0.4 is 5.32 Å². The summed E-state index contributed by atoms with van der Waals surface area (Å²) < 4.78 is 5.07. The molecule has 0 heterocycles. The minimum absolute atomic E-state index is 0.0903. The molecular weight excluding hydrogens is 208 g/mol. The van der Waals surface area contributed by atoms with E-state index < -0.39 is 5.60 Å². The topological polar surface area (TPSA) is 61.8 Å². The molecule has 1 atom stereocenters. The van der Waals surface area contributed by atoms with Gasteiger partial charge in [-0.3, -0.25) is 4.79 Å². The van der Waals surface area contributed by atoms with Crippen LogP contribution in [-0.4, -0.2) is 61.9 Å². The van der Waals surface area contributed by atoms with Crippen LogP contribution in [0.4, 0.5) is 0 Å². The van der Waals surface area contributed by atoms with E-state index in [4.69, 9.17) is 4.74 Å². The second-order valence-corrected chi connectivity index (χ2v) is 4.46. The standard InChI is InChI=1S/C11H24N2O3/c1-5-16-7-6-10(14)12-8-11(2,15)9-13(3)4/h15H,5-9H2,1-4H3,(H,12,14). The van der Waals surface area contributed by atoms with Crippen molar-refractivity contribution in [2.24, 2.45) is 0 Å². The van der Waals surface area contributed by atoms with Crippen molar-refractivity contribution in [2.75, 3.05) is 40.4 Å². The fourth-order valence-corrected chi connectivity index (χ4v) is 1.42. The van der Waals surface area contributed by atoms with Crippen molar-refractivity contribution in [3.05, 3.63) is 0 Å². The van der Waals surface area contributed by atoms with Crippen LogP contribution in [-0.2, 0) is 9.53 Å². The molecule has 2 N–H and O–H groups in total. The van der Waals surface area contributed by atoms with Crippen LogP contribution in [0.3, 0.4) is 0 Å². The highest BCUT2D eigenvalue weighted by Gasteiger charge is 2.21. The quantitative estimate of drug-likeness (QED) is 0.571. The average molecular weight is 232 g/mol. The Morgan fingerprint density at radius 2 is 2.12 bits per heavy atom. The SMILES string of the molecule is CCOCCC(=O)NCC(C)(O)CN(C)C. The molecule has 0 spiro atoms. The molecule has 0 radical (unpaired) electrons. The Bertz CT molecular complexity index is 205. The largest absolute Gasteiger partial charge is 0.387 e. The monoisotopic (exact) mass is 232 g/mol. The lowest BCUT2D eigenvalue weighted by molar-refractivity contribution is -0.123. The van der Waals surface area contributed by atoms with Gasteiger partial charge < -0.3 is 20.1 Å². The van der Waals surface area contributed by atoms with Gasteiger partial charge in [-0.1, -0.05) is 0 Å². The summed E-state index contributed by atoms with van der Waals surface area (Å²) in [7, 11) is 3.76. The number of rotatable bonds is 8. The van der Waals surface area contributed by atoms with Crippen LogP contribution >= 0.6 is 0 Å². The Morgan fingerprint density at radius 1 is 1.50 bits per heavy atom. The number of nitrogens with one attached hydrogen (secondary N) is 1. The van der Waals surface area contributed by atoms with E-state index in [-0.39, 0.29) is 12.5 Å². The molecule has 0 saturated carbocycles. The molecule has 1 amide bonds. The number of likely N-dealkylation sites (N-methyl/N-ethyl adjacent to an activating group) is 1. The van der Waals surface area contributed by atoms with E-state index in [2.05, 4.69) is 5.32 Å². The van der Waals surface area contributed by atoms with Crippen LogP contribution in [0.15, 0.2) is 0 Å². The zero-order valence-corrected chi connectivity index (χ0v) is 10.7. The molecule has 0 saturated heterocycles. The summed E-state index contributed by atoms with van der Waals surface area (Å²) >= 11 is 0. The van der Waals surface area contributed by atoms with Crippen LogP contribution in [0, 0.1) is 0 Å². The summed E-state index contributed by atoms with van der Waals surface area (Å²) in [5.74, 6) is -0.0903. The summed E-state index contributed by atoms with van der Waals surface area (Å²) in [6.45, 7) is 5.41. The van der Waals surface area contributed by atoms with Crippen LogP contribution in [0.25, 0.3) is 0 Å². The summed E-state index contributed by atoms with van der Waals surface area (Å²) in [5, 5.41) is 12.6. The van der Waals surface area contributed by atoms with Crippen LogP contribution in [0.2, 0.25) is 0 Å². The first-order valence-electron chi connectivity index (χ1n) is 5.59. The van der Waals surface area contributed by atoms with Gasteiger partial charge in [0.05, 0.1) is 12.2 Å². The van der Waals surface area contributed by atoms with Gasteiger partial charge in [-0.25, -0.2) is 0 Å². The Morgan fingerprint density at radius 3 is 2.62 bits per heavy atom. The molecule has 96 valence electrons. The first-order chi connectivity index (χ1) is 7.37. The fraction of sp³-hybridized carbons (Fsp3) is 0.909. The van der Waals surface area contributed by atoms with Gasteiger partial charge in [-0.2, -0.15) is 0 Å². The maximum absolute atomic E-state index is 11.3. The second kappa shape index (κ2) is 7.60. The van der Waals surface area contributed by atoms with E-state index in [1.807, 2.05) is 25.9 Å². The molecule has 16 heavy (non-hydrogen) atoms. The molecule has 5 heteroatoms. The maximum Gasteiger partial charge on any atom is 0.222 e. The molecule has 0 aromatic heterocycles. The smallest absolute Gasteiger partial charge is 0.222 e. The summed E-state index contributed by atoms with van der Waals surface area (Å²) in [4.78, 5) is 13.2. The Kier molecular flexibility index (Phi) is 7.29.